The Morgan fingerprint density at radius 3 is 1.67 bits per heavy atom. The van der Waals surface area contributed by atoms with E-state index in [0.717, 1.165) is 17.0 Å². The number of hydrogen-bond donors (Lipinski definition) is 0. The number of aromatic nitrogens is 2. The Morgan fingerprint density at radius 2 is 1.16 bits per heavy atom. The second-order valence-electron chi connectivity index (χ2n) is 14.6. The molecule has 1 aliphatic heterocycles. The minimum absolute atomic E-state index is 0.364. The molecule has 5 aromatic carbocycles. The molecule has 5 nitrogen and oxygen atoms in total. The highest BCUT2D eigenvalue weighted by molar-refractivity contribution is 7.88. The fourth-order valence-electron chi connectivity index (χ4n) is 7.59. The second kappa shape index (κ2) is 19.2. The van der Waals surface area contributed by atoms with Crippen LogP contribution in [0.4, 0.5) is 13.2 Å². The number of rotatable bonds is 5. The molecule has 7 aromatic rings. The molecule has 0 saturated carbocycles. The summed E-state index contributed by atoms with van der Waals surface area (Å²) < 4.78 is 64.2. The van der Waals surface area contributed by atoms with Crippen molar-refractivity contribution in [2.75, 3.05) is 0 Å². The van der Waals surface area contributed by atoms with Gasteiger partial charge < -0.3 is 8.66 Å². The highest BCUT2D eigenvalue weighted by atomic mass is 35.6. The number of pyridine rings is 2. The molecule has 0 fully saturated rings. The number of fused-ring (bicyclic) bond motifs is 4. The Kier molecular flexibility index (Phi) is 14.7. The molecule has 0 spiro atoms. The lowest BCUT2D eigenvalue weighted by Gasteiger charge is -2.36. The maximum Gasteiger partial charge on any atom is 0.534 e. The van der Waals surface area contributed by atoms with E-state index in [2.05, 4.69) is 161 Å². The minimum Gasteiger partial charge on any atom is -0.402 e. The summed E-state index contributed by atoms with van der Waals surface area (Å²) in [6.07, 6.45) is 5.58. The van der Waals surface area contributed by atoms with E-state index in [1.807, 2.05) is 6.92 Å². The summed E-state index contributed by atoms with van der Waals surface area (Å²) in [7, 11) is -5.71. The predicted octanol–water partition coefficient (Wildman–Crippen LogP) is 11.5. The van der Waals surface area contributed by atoms with E-state index in [0.29, 0.717) is 11.1 Å². The molecule has 0 N–H and O–H groups in total. The first-order chi connectivity index (χ1) is 28.7. The van der Waals surface area contributed by atoms with Gasteiger partial charge in [0, 0.05) is 29.0 Å². The van der Waals surface area contributed by atoms with Gasteiger partial charge in [0.05, 0.1) is 5.52 Å². The fourth-order valence-corrected chi connectivity index (χ4v) is 8.00. The summed E-state index contributed by atoms with van der Waals surface area (Å²) in [4.78, 5) is 3.77. The van der Waals surface area contributed by atoms with Gasteiger partial charge in [-0.05, 0) is 76.9 Å². The number of halogens is 6. The maximum absolute atomic E-state index is 12.2. The summed E-state index contributed by atoms with van der Waals surface area (Å²) >= 11 is 15.2. The van der Waals surface area contributed by atoms with E-state index in [4.69, 9.17) is 34.8 Å². The van der Waals surface area contributed by atoms with Crippen LogP contribution in [0.3, 0.4) is 0 Å². The van der Waals surface area contributed by atoms with Crippen LogP contribution in [0.1, 0.15) is 47.4 Å². The molecule has 3 heterocycles. The van der Waals surface area contributed by atoms with E-state index in [1.54, 1.807) is 32.0 Å². The first-order valence-corrected chi connectivity index (χ1v) is 21.6. The standard InChI is InChI=1S/C31H26BN.C12H10F3NO3S.C3H4.C2H3Cl3/c1-23-18-19-31-29(20-23)24(2)21-28-22-30(25-12-6-3-7-13-25)32(33(28)31,26-14-8-4-9-15-26)27-16-10-5-11-17-27;1-7-3-4-10-9(5-7)8(2)6-11(16-10)19-20(17,18)12(13,14)15;1-3-2;1-2(3,4)5/h3-22H,1-2H3;3-6H,1-2H3;1H,2H3;1H3. The van der Waals surface area contributed by atoms with Gasteiger partial charge >= 0.3 is 21.9 Å². The zero-order chi connectivity index (χ0) is 44.8. The lowest BCUT2D eigenvalue weighted by molar-refractivity contribution is -0.509. The van der Waals surface area contributed by atoms with Crippen LogP contribution in [0.25, 0.3) is 33.4 Å². The van der Waals surface area contributed by atoms with Crippen LogP contribution in [0.5, 0.6) is 5.88 Å². The molecule has 2 aromatic heterocycles. The monoisotopic (exact) mass is 900 g/mol. The first kappa shape index (κ1) is 46.8. The Hall–Kier alpha value is -5.31. The van der Waals surface area contributed by atoms with Crippen LogP contribution >= 0.6 is 34.8 Å². The molecule has 0 aliphatic carbocycles. The van der Waals surface area contributed by atoms with Gasteiger partial charge in [-0.1, -0.05) is 155 Å². The van der Waals surface area contributed by atoms with Gasteiger partial charge in [-0.15, -0.1) is 28.7 Å². The average molecular weight is 902 g/mol. The lowest BCUT2D eigenvalue weighted by Crippen LogP contribution is -2.78. The number of alkyl halides is 6. The molecule has 0 saturated heterocycles. The smallest absolute Gasteiger partial charge is 0.402 e. The summed E-state index contributed by atoms with van der Waals surface area (Å²) in [5, 5.41) is 2.04. The van der Waals surface area contributed by atoms with Crippen molar-refractivity contribution in [2.24, 2.45) is 0 Å². The van der Waals surface area contributed by atoms with Crippen LogP contribution in [0.15, 0.2) is 140 Å². The van der Waals surface area contributed by atoms with Crippen molar-refractivity contribution < 1.29 is 30.3 Å². The molecule has 1 aliphatic rings. The Balaban J connectivity index is 0.000000214. The predicted molar refractivity (Wildman–Crippen MR) is 249 cm³/mol. The number of hydrogen-bond acceptors (Lipinski definition) is 4. The van der Waals surface area contributed by atoms with Gasteiger partial charge in [0.1, 0.15) is 0 Å². The summed E-state index contributed by atoms with van der Waals surface area (Å²) in [5.74, 6) is 1.65. The SMILES string of the molecule is C#CC.CC(Cl)(Cl)Cl.Cc1ccc2c(c1)c(C)cc1[n+]2[B-](c2ccccc2)(c2ccccc2)C(c2ccccc2)=C1.Cc1ccc2nc(OS(=O)(=O)C(F)(F)F)cc(C)c2c1. The summed E-state index contributed by atoms with van der Waals surface area (Å²) in [5.41, 5.74) is 6.85. The summed E-state index contributed by atoms with van der Waals surface area (Å²) in [6, 6.07) is 48.5. The van der Waals surface area contributed by atoms with Crippen molar-refractivity contribution in [1.29, 1.82) is 0 Å². The first-order valence-electron chi connectivity index (χ1n) is 19.0. The Bertz CT molecular complexity index is 2800. The topological polar surface area (TPSA) is 60.1 Å². The molecule has 0 atom stereocenters. The van der Waals surface area contributed by atoms with Crippen LogP contribution < -0.4 is 19.6 Å². The summed E-state index contributed by atoms with van der Waals surface area (Å²) in [6.45, 7) is 11.0. The highest BCUT2D eigenvalue weighted by Gasteiger charge is 2.50. The van der Waals surface area contributed by atoms with Gasteiger partial charge in [-0.2, -0.15) is 21.6 Å². The third-order valence-electron chi connectivity index (χ3n) is 9.92. The Labute approximate surface area is 370 Å². The van der Waals surface area contributed by atoms with E-state index in [1.165, 1.54) is 56.6 Å². The van der Waals surface area contributed by atoms with Crippen molar-refractivity contribution in [2.45, 2.75) is 50.8 Å². The molecule has 0 unspecified atom stereocenters. The molecule has 0 bridgehead atoms. The van der Waals surface area contributed by atoms with Gasteiger partial charge in [0.15, 0.2) is 15.0 Å². The normalized spacial score (nSPS) is 12.9. The van der Waals surface area contributed by atoms with Gasteiger partial charge in [-0.25, -0.2) is 4.98 Å². The van der Waals surface area contributed by atoms with Crippen molar-refractivity contribution in [3.8, 4) is 18.2 Å². The van der Waals surface area contributed by atoms with Crippen molar-refractivity contribution >= 4 is 95.5 Å². The average Bonchev–Trinajstić information content (AvgIpc) is 3.54. The zero-order valence-corrected chi connectivity index (χ0v) is 37.4. The van der Waals surface area contributed by atoms with E-state index in [9.17, 15) is 21.6 Å². The lowest BCUT2D eigenvalue weighted by atomic mass is 9.23. The Morgan fingerprint density at radius 1 is 0.705 bits per heavy atom. The van der Waals surface area contributed by atoms with Crippen molar-refractivity contribution in [1.82, 2.24) is 4.98 Å². The third kappa shape index (κ3) is 10.8. The van der Waals surface area contributed by atoms with E-state index < -0.39 is 31.6 Å². The van der Waals surface area contributed by atoms with E-state index in [-0.39, 0.29) is 0 Å². The van der Waals surface area contributed by atoms with Gasteiger partial charge in [0.2, 0.25) is 5.88 Å². The number of terminal acetylenes is 1. The van der Waals surface area contributed by atoms with Crippen LogP contribution in [-0.4, -0.2) is 29.0 Å². The maximum atomic E-state index is 12.2. The fraction of sp³-hybridized carbons (Fsp3) is 0.167. The third-order valence-corrected chi connectivity index (χ3v) is 10.9. The molecular formula is C48H43BCl3F3N2O3S. The number of aryl methyl sites for hydroxylation is 4. The largest absolute Gasteiger partial charge is 0.534 e. The second-order valence-corrected chi connectivity index (χ2v) is 19.0. The molecule has 314 valence electrons. The molecular weight excluding hydrogens is 859 g/mol. The quantitative estimate of drug-likeness (QED) is 0.0568. The van der Waals surface area contributed by atoms with Crippen LogP contribution in [0, 0.1) is 40.0 Å². The number of benzene rings is 5. The molecule has 0 amide bonds. The zero-order valence-electron chi connectivity index (χ0n) is 34.3. The van der Waals surface area contributed by atoms with Crippen molar-refractivity contribution in [3.63, 3.8) is 0 Å². The molecule has 13 heteroatoms. The molecule has 61 heavy (non-hydrogen) atoms. The number of nitrogens with zero attached hydrogens (tertiary/aromatic N) is 2. The molecule has 0 radical (unpaired) electrons. The minimum atomic E-state index is -5.71. The van der Waals surface area contributed by atoms with Gasteiger partial charge in [-0.3, -0.25) is 0 Å². The van der Waals surface area contributed by atoms with E-state index >= 15 is 0 Å². The van der Waals surface area contributed by atoms with Gasteiger partial charge in [0.25, 0.3) is 0 Å². The van der Waals surface area contributed by atoms with Crippen molar-refractivity contribution in [3.05, 3.63) is 173 Å². The van der Waals surface area contributed by atoms with Crippen LogP contribution in [0.2, 0.25) is 0 Å². The highest BCUT2D eigenvalue weighted by Crippen LogP contribution is 2.35. The molecule has 8 rings (SSSR count). The van der Waals surface area contributed by atoms with Crippen LogP contribution in [-0.2, 0) is 10.1 Å².